The summed E-state index contributed by atoms with van der Waals surface area (Å²) in [5, 5.41) is 12.1. The summed E-state index contributed by atoms with van der Waals surface area (Å²) in [6, 6.07) is 11.4. The minimum Gasteiger partial charge on any atom is -0.479 e. The van der Waals surface area contributed by atoms with E-state index in [0.29, 0.717) is 11.1 Å². The summed E-state index contributed by atoms with van der Waals surface area (Å²) in [6.45, 7) is 5.68. The van der Waals surface area contributed by atoms with E-state index < -0.39 is 17.9 Å². The molecule has 4 heteroatoms. The summed E-state index contributed by atoms with van der Waals surface area (Å²) in [4.78, 5) is 23.9. The first-order chi connectivity index (χ1) is 10.4. The van der Waals surface area contributed by atoms with E-state index >= 15 is 0 Å². The van der Waals surface area contributed by atoms with Gasteiger partial charge in [0.05, 0.1) is 0 Å². The maximum Gasteiger partial charge on any atom is 0.330 e. The Kier molecular flexibility index (Phi) is 4.61. The molecule has 2 aromatic rings. The lowest BCUT2D eigenvalue weighted by Crippen LogP contribution is -2.34. The Balaban J connectivity index is 2.36. The van der Waals surface area contributed by atoms with Gasteiger partial charge in [-0.05, 0) is 49.6 Å². The van der Waals surface area contributed by atoms with Crippen LogP contribution in [-0.4, -0.2) is 17.0 Å². The third-order valence-electron chi connectivity index (χ3n) is 3.59. The lowest BCUT2D eigenvalue weighted by molar-refractivity contribution is -0.139. The van der Waals surface area contributed by atoms with E-state index in [2.05, 4.69) is 5.32 Å². The molecule has 114 valence electrons. The number of hydrogen-bond acceptors (Lipinski definition) is 2. The van der Waals surface area contributed by atoms with E-state index in [0.717, 1.165) is 16.7 Å². The molecule has 2 rings (SSSR count). The highest BCUT2D eigenvalue weighted by atomic mass is 16.4. The molecule has 0 heterocycles. The van der Waals surface area contributed by atoms with Crippen molar-refractivity contribution in [1.29, 1.82) is 0 Å². The van der Waals surface area contributed by atoms with Crippen LogP contribution in [-0.2, 0) is 4.79 Å². The predicted molar refractivity (Wildman–Crippen MR) is 84.9 cm³/mol. The Hall–Kier alpha value is -2.62. The van der Waals surface area contributed by atoms with Crippen molar-refractivity contribution in [1.82, 2.24) is 5.32 Å². The van der Waals surface area contributed by atoms with Gasteiger partial charge in [0.2, 0.25) is 0 Å². The second-order valence-corrected chi connectivity index (χ2v) is 5.42. The van der Waals surface area contributed by atoms with Crippen LogP contribution in [0.15, 0.2) is 42.5 Å². The molecule has 0 aliphatic rings. The largest absolute Gasteiger partial charge is 0.479 e. The second-order valence-electron chi connectivity index (χ2n) is 5.42. The maximum absolute atomic E-state index is 12.2. The summed E-state index contributed by atoms with van der Waals surface area (Å²) in [5.41, 5.74) is 3.87. The standard InChI is InChI=1S/C18H19NO3/c1-11-9-12(2)15(13(3)10-11)16(18(21)22)19-17(20)14-7-5-4-6-8-14/h4-10,16H,1-3H3,(H,19,20)(H,21,22). The van der Waals surface area contributed by atoms with Crippen molar-refractivity contribution in [2.24, 2.45) is 0 Å². The van der Waals surface area contributed by atoms with Crippen LogP contribution in [0.25, 0.3) is 0 Å². The van der Waals surface area contributed by atoms with Gasteiger partial charge in [-0.1, -0.05) is 35.9 Å². The molecular weight excluding hydrogens is 278 g/mol. The smallest absolute Gasteiger partial charge is 0.330 e. The number of hydrogen-bond donors (Lipinski definition) is 2. The van der Waals surface area contributed by atoms with Gasteiger partial charge in [-0.25, -0.2) is 4.79 Å². The topological polar surface area (TPSA) is 66.4 Å². The van der Waals surface area contributed by atoms with E-state index in [1.165, 1.54) is 0 Å². The number of aryl methyl sites for hydroxylation is 3. The average molecular weight is 297 g/mol. The first-order valence-corrected chi connectivity index (χ1v) is 7.06. The van der Waals surface area contributed by atoms with Gasteiger partial charge in [0.1, 0.15) is 0 Å². The van der Waals surface area contributed by atoms with Crippen LogP contribution in [0.1, 0.15) is 38.7 Å². The number of carboxylic acids is 1. The summed E-state index contributed by atoms with van der Waals surface area (Å²) >= 11 is 0. The van der Waals surface area contributed by atoms with Gasteiger partial charge in [0, 0.05) is 5.56 Å². The van der Waals surface area contributed by atoms with E-state index in [1.54, 1.807) is 30.3 Å². The maximum atomic E-state index is 12.2. The quantitative estimate of drug-likeness (QED) is 0.911. The Labute approximate surface area is 129 Å². The molecule has 0 aliphatic heterocycles. The van der Waals surface area contributed by atoms with Crippen molar-refractivity contribution in [3.05, 3.63) is 70.3 Å². The number of aliphatic carboxylic acids is 1. The molecule has 2 N–H and O–H groups in total. The Bertz CT molecular complexity index is 685. The van der Waals surface area contributed by atoms with Crippen LogP contribution in [0.4, 0.5) is 0 Å². The number of rotatable bonds is 4. The van der Waals surface area contributed by atoms with Gasteiger partial charge in [-0.15, -0.1) is 0 Å². The zero-order valence-electron chi connectivity index (χ0n) is 12.9. The molecule has 22 heavy (non-hydrogen) atoms. The van der Waals surface area contributed by atoms with Gasteiger partial charge in [-0.2, -0.15) is 0 Å². The summed E-state index contributed by atoms with van der Waals surface area (Å²) in [6.07, 6.45) is 0. The molecule has 0 aliphatic carbocycles. The normalized spacial score (nSPS) is 11.8. The van der Waals surface area contributed by atoms with Gasteiger partial charge in [0.25, 0.3) is 5.91 Å². The Morgan fingerprint density at radius 2 is 1.55 bits per heavy atom. The molecule has 2 aromatic carbocycles. The molecule has 1 atom stereocenters. The van der Waals surface area contributed by atoms with E-state index in [1.807, 2.05) is 32.9 Å². The number of carboxylic acid groups (broad SMARTS) is 1. The number of nitrogens with one attached hydrogen (secondary N) is 1. The van der Waals surface area contributed by atoms with Crippen LogP contribution in [0, 0.1) is 20.8 Å². The third-order valence-corrected chi connectivity index (χ3v) is 3.59. The molecule has 1 unspecified atom stereocenters. The second kappa shape index (κ2) is 6.43. The van der Waals surface area contributed by atoms with Crippen LogP contribution >= 0.6 is 0 Å². The minimum atomic E-state index is -1.07. The SMILES string of the molecule is Cc1cc(C)c(C(NC(=O)c2ccccc2)C(=O)O)c(C)c1. The fourth-order valence-corrected chi connectivity index (χ4v) is 2.71. The minimum absolute atomic E-state index is 0.396. The van der Waals surface area contributed by atoms with E-state index in [4.69, 9.17) is 0 Å². The van der Waals surface area contributed by atoms with Crippen LogP contribution < -0.4 is 5.32 Å². The fraction of sp³-hybridized carbons (Fsp3) is 0.222. The molecule has 0 fully saturated rings. The monoisotopic (exact) mass is 297 g/mol. The van der Waals surface area contributed by atoms with Crippen molar-refractivity contribution in [3.63, 3.8) is 0 Å². The molecule has 0 spiro atoms. The molecular formula is C18H19NO3. The van der Waals surface area contributed by atoms with Crippen molar-refractivity contribution in [2.45, 2.75) is 26.8 Å². The zero-order valence-corrected chi connectivity index (χ0v) is 12.9. The predicted octanol–water partition coefficient (Wildman–Crippen LogP) is 3.17. The summed E-state index contributed by atoms with van der Waals surface area (Å²) in [7, 11) is 0. The Morgan fingerprint density at radius 1 is 1.00 bits per heavy atom. The van der Waals surface area contributed by atoms with Crippen molar-refractivity contribution >= 4 is 11.9 Å². The highest BCUT2D eigenvalue weighted by Gasteiger charge is 2.25. The van der Waals surface area contributed by atoms with Crippen LogP contribution in [0.5, 0.6) is 0 Å². The third kappa shape index (κ3) is 3.34. The molecule has 4 nitrogen and oxygen atoms in total. The molecule has 0 radical (unpaired) electrons. The summed E-state index contributed by atoms with van der Waals surface area (Å²) in [5.74, 6) is -1.47. The van der Waals surface area contributed by atoms with Gasteiger partial charge >= 0.3 is 5.97 Å². The average Bonchev–Trinajstić information content (AvgIpc) is 2.45. The first-order valence-electron chi connectivity index (χ1n) is 7.06. The highest BCUT2D eigenvalue weighted by Crippen LogP contribution is 2.24. The molecule has 0 saturated carbocycles. The van der Waals surface area contributed by atoms with E-state index in [9.17, 15) is 14.7 Å². The first kappa shape index (κ1) is 15.8. The molecule has 0 aromatic heterocycles. The fourth-order valence-electron chi connectivity index (χ4n) is 2.71. The number of carbonyl (C=O) groups excluding carboxylic acids is 1. The Morgan fingerprint density at radius 3 is 2.05 bits per heavy atom. The van der Waals surface area contributed by atoms with Gasteiger partial charge in [0.15, 0.2) is 6.04 Å². The zero-order chi connectivity index (χ0) is 16.3. The molecule has 1 amide bonds. The summed E-state index contributed by atoms with van der Waals surface area (Å²) < 4.78 is 0. The van der Waals surface area contributed by atoms with Gasteiger partial charge in [-0.3, -0.25) is 4.79 Å². The van der Waals surface area contributed by atoms with Crippen molar-refractivity contribution < 1.29 is 14.7 Å². The number of carbonyl (C=O) groups is 2. The van der Waals surface area contributed by atoms with Crippen LogP contribution in [0.2, 0.25) is 0 Å². The van der Waals surface area contributed by atoms with Crippen molar-refractivity contribution in [2.75, 3.05) is 0 Å². The number of benzene rings is 2. The van der Waals surface area contributed by atoms with E-state index in [-0.39, 0.29) is 0 Å². The van der Waals surface area contributed by atoms with Gasteiger partial charge < -0.3 is 10.4 Å². The molecule has 0 bridgehead atoms. The van der Waals surface area contributed by atoms with Crippen LogP contribution in [0.3, 0.4) is 0 Å². The molecule has 0 saturated heterocycles. The number of amides is 1. The van der Waals surface area contributed by atoms with Crippen molar-refractivity contribution in [3.8, 4) is 0 Å². The highest BCUT2D eigenvalue weighted by molar-refractivity contribution is 5.96. The lowest BCUT2D eigenvalue weighted by Gasteiger charge is -2.20. The lowest BCUT2D eigenvalue weighted by atomic mass is 9.94.